The van der Waals surface area contributed by atoms with Gasteiger partial charge in [0.25, 0.3) is 5.56 Å². The van der Waals surface area contributed by atoms with Gasteiger partial charge in [0.15, 0.2) is 16.7 Å². The Hall–Kier alpha value is -3.53. The lowest BCUT2D eigenvalue weighted by atomic mass is 10.1. The number of urea groups is 1. The molecule has 0 spiro atoms. The minimum absolute atomic E-state index is 0.0684. The molecule has 0 aliphatic carbocycles. The van der Waals surface area contributed by atoms with E-state index in [1.54, 1.807) is 41.0 Å². The van der Waals surface area contributed by atoms with Crippen LogP contribution in [0.2, 0.25) is 0 Å². The van der Waals surface area contributed by atoms with E-state index in [0.717, 1.165) is 18.2 Å². The Kier molecular flexibility index (Phi) is 7.36. The van der Waals surface area contributed by atoms with E-state index in [2.05, 4.69) is 29.5 Å². The lowest BCUT2D eigenvalue weighted by Gasteiger charge is -2.19. The summed E-state index contributed by atoms with van der Waals surface area (Å²) in [4.78, 5) is 42.3. The molecular weight excluding hydrogens is 456 g/mol. The first-order valence-electron chi connectivity index (χ1n) is 11.0. The maximum absolute atomic E-state index is 13.0. The maximum atomic E-state index is 13.0. The monoisotopic (exact) mass is 482 g/mol. The highest BCUT2D eigenvalue weighted by molar-refractivity contribution is 7.99. The SMILES string of the molecule is CC(C)CCn1c(SCC(=O)NC(=O)Nc2ccc3c(c2)OCCO3)nc2ccccc2c1=O. The van der Waals surface area contributed by atoms with Crippen molar-refractivity contribution in [2.24, 2.45) is 5.92 Å². The van der Waals surface area contributed by atoms with Crippen LogP contribution in [0, 0.1) is 5.92 Å². The van der Waals surface area contributed by atoms with E-state index >= 15 is 0 Å². The van der Waals surface area contributed by atoms with E-state index in [1.165, 1.54) is 0 Å². The molecule has 0 atom stereocenters. The van der Waals surface area contributed by atoms with E-state index in [4.69, 9.17) is 9.47 Å². The average Bonchev–Trinajstić information content (AvgIpc) is 2.82. The molecule has 0 unspecified atom stereocenters. The van der Waals surface area contributed by atoms with Gasteiger partial charge in [-0.15, -0.1) is 0 Å². The number of nitrogens with zero attached hydrogens (tertiary/aromatic N) is 2. The van der Waals surface area contributed by atoms with Crippen molar-refractivity contribution in [2.45, 2.75) is 32.0 Å². The molecule has 3 aromatic rings. The highest BCUT2D eigenvalue weighted by Crippen LogP contribution is 2.32. The number of hydrogen-bond donors (Lipinski definition) is 2. The van der Waals surface area contributed by atoms with Gasteiger partial charge < -0.3 is 14.8 Å². The Bertz CT molecular complexity index is 1270. The first kappa shape index (κ1) is 23.6. The van der Waals surface area contributed by atoms with Crippen LogP contribution in [0.1, 0.15) is 20.3 Å². The van der Waals surface area contributed by atoms with E-state index in [9.17, 15) is 14.4 Å². The summed E-state index contributed by atoms with van der Waals surface area (Å²) in [5, 5.41) is 5.91. The van der Waals surface area contributed by atoms with Crippen molar-refractivity contribution < 1.29 is 19.1 Å². The van der Waals surface area contributed by atoms with E-state index in [1.807, 2.05) is 6.07 Å². The number of fused-ring (bicyclic) bond motifs is 2. The zero-order valence-electron chi connectivity index (χ0n) is 19.0. The fourth-order valence-corrected chi connectivity index (χ4v) is 4.24. The molecule has 0 bridgehead atoms. The fourth-order valence-electron chi connectivity index (χ4n) is 3.42. The number of carbonyl (C=O) groups is 2. The number of nitrogens with one attached hydrogen (secondary N) is 2. The summed E-state index contributed by atoms with van der Waals surface area (Å²) in [6, 6.07) is 11.5. The molecule has 2 N–H and O–H groups in total. The van der Waals surface area contributed by atoms with E-state index < -0.39 is 11.9 Å². The molecule has 1 aromatic heterocycles. The number of ether oxygens (including phenoxy) is 2. The Labute approximate surface area is 200 Å². The third-order valence-electron chi connectivity index (χ3n) is 5.14. The van der Waals surface area contributed by atoms with Crippen LogP contribution in [0.4, 0.5) is 10.5 Å². The number of anilines is 1. The highest BCUT2D eigenvalue weighted by Gasteiger charge is 2.16. The minimum Gasteiger partial charge on any atom is -0.486 e. The Morgan fingerprint density at radius 3 is 2.68 bits per heavy atom. The quantitative estimate of drug-likeness (QED) is 0.390. The molecule has 34 heavy (non-hydrogen) atoms. The summed E-state index contributed by atoms with van der Waals surface area (Å²) in [6.45, 7) is 5.58. The van der Waals surface area contributed by atoms with Crippen molar-refractivity contribution in [3.05, 3.63) is 52.8 Å². The number of imide groups is 1. The van der Waals surface area contributed by atoms with Crippen LogP contribution < -0.4 is 25.7 Å². The largest absolute Gasteiger partial charge is 0.486 e. The molecular formula is C24H26N4O5S. The summed E-state index contributed by atoms with van der Waals surface area (Å²) < 4.78 is 12.6. The molecule has 3 amide bonds. The van der Waals surface area contributed by atoms with Crippen molar-refractivity contribution in [3.63, 3.8) is 0 Å². The third kappa shape index (κ3) is 5.69. The minimum atomic E-state index is -0.661. The molecule has 1 aliphatic heterocycles. The Balaban J connectivity index is 1.41. The van der Waals surface area contributed by atoms with Crippen LogP contribution in [0.3, 0.4) is 0 Å². The lowest BCUT2D eigenvalue weighted by Crippen LogP contribution is -2.35. The van der Waals surface area contributed by atoms with Gasteiger partial charge in [-0.3, -0.25) is 19.5 Å². The summed E-state index contributed by atoms with van der Waals surface area (Å²) in [5.41, 5.74) is 0.916. The molecule has 9 nitrogen and oxygen atoms in total. The number of para-hydroxylation sites is 1. The topological polar surface area (TPSA) is 112 Å². The summed E-state index contributed by atoms with van der Waals surface area (Å²) in [6.07, 6.45) is 0.803. The van der Waals surface area contributed by atoms with Gasteiger partial charge in [0, 0.05) is 18.3 Å². The van der Waals surface area contributed by atoms with Crippen LogP contribution in [0.15, 0.2) is 52.4 Å². The Morgan fingerprint density at radius 2 is 1.88 bits per heavy atom. The zero-order valence-corrected chi connectivity index (χ0v) is 19.8. The number of hydrogen-bond acceptors (Lipinski definition) is 7. The molecule has 0 fully saturated rings. The van der Waals surface area contributed by atoms with Crippen molar-refractivity contribution in [1.82, 2.24) is 14.9 Å². The van der Waals surface area contributed by atoms with E-state index in [-0.39, 0.29) is 11.3 Å². The standard InChI is InChI=1S/C24H26N4O5S/c1-15(2)9-10-28-22(30)17-5-3-4-6-18(17)26-24(28)34-14-21(29)27-23(31)25-16-7-8-19-20(13-16)33-12-11-32-19/h3-8,13,15H,9-12,14H2,1-2H3,(H2,25,27,29,31). The van der Waals surface area contributed by atoms with Gasteiger partial charge in [0.05, 0.1) is 16.7 Å². The van der Waals surface area contributed by atoms with Crippen molar-refractivity contribution in [2.75, 3.05) is 24.3 Å². The third-order valence-corrected chi connectivity index (χ3v) is 6.12. The van der Waals surface area contributed by atoms with Crippen molar-refractivity contribution >= 4 is 40.3 Å². The van der Waals surface area contributed by atoms with Crippen LogP contribution in [0.5, 0.6) is 11.5 Å². The zero-order chi connectivity index (χ0) is 24.1. The summed E-state index contributed by atoms with van der Waals surface area (Å²) in [7, 11) is 0. The number of carbonyl (C=O) groups excluding carboxylic acids is 2. The Morgan fingerprint density at radius 1 is 1.12 bits per heavy atom. The van der Waals surface area contributed by atoms with Crippen LogP contribution >= 0.6 is 11.8 Å². The number of rotatable bonds is 7. The molecule has 0 radical (unpaired) electrons. The molecule has 10 heteroatoms. The molecule has 4 rings (SSSR count). The average molecular weight is 483 g/mol. The van der Waals surface area contributed by atoms with Gasteiger partial charge in [-0.05, 0) is 36.6 Å². The van der Waals surface area contributed by atoms with Crippen LogP contribution in [-0.4, -0.2) is 40.5 Å². The van der Waals surface area contributed by atoms with Crippen molar-refractivity contribution in [3.8, 4) is 11.5 Å². The first-order chi connectivity index (χ1) is 16.4. The van der Waals surface area contributed by atoms with Gasteiger partial charge >= 0.3 is 6.03 Å². The second-order valence-electron chi connectivity index (χ2n) is 8.20. The normalized spacial score (nSPS) is 12.6. The maximum Gasteiger partial charge on any atom is 0.325 e. The smallest absolute Gasteiger partial charge is 0.325 e. The van der Waals surface area contributed by atoms with Crippen LogP contribution in [-0.2, 0) is 11.3 Å². The number of amides is 3. The highest BCUT2D eigenvalue weighted by atomic mass is 32.2. The van der Waals surface area contributed by atoms with E-state index in [0.29, 0.717) is 58.9 Å². The van der Waals surface area contributed by atoms with Crippen LogP contribution in [0.25, 0.3) is 10.9 Å². The molecule has 1 aliphatic rings. The molecule has 2 aromatic carbocycles. The van der Waals surface area contributed by atoms with Gasteiger partial charge in [-0.25, -0.2) is 9.78 Å². The number of aromatic nitrogens is 2. The number of thioether (sulfide) groups is 1. The molecule has 178 valence electrons. The first-order valence-corrected chi connectivity index (χ1v) is 12.0. The molecule has 0 saturated carbocycles. The van der Waals surface area contributed by atoms with Gasteiger partial charge in [-0.2, -0.15) is 0 Å². The van der Waals surface area contributed by atoms with Gasteiger partial charge in [0.1, 0.15) is 13.2 Å². The fraction of sp³-hybridized carbons (Fsp3) is 0.333. The summed E-state index contributed by atoms with van der Waals surface area (Å²) in [5.74, 6) is 0.978. The predicted octanol–water partition coefficient (Wildman–Crippen LogP) is 3.65. The number of benzene rings is 2. The second-order valence-corrected chi connectivity index (χ2v) is 9.14. The molecule has 0 saturated heterocycles. The van der Waals surface area contributed by atoms with Gasteiger partial charge in [-0.1, -0.05) is 37.7 Å². The predicted molar refractivity (Wildman–Crippen MR) is 131 cm³/mol. The summed E-state index contributed by atoms with van der Waals surface area (Å²) >= 11 is 1.13. The second kappa shape index (κ2) is 10.6. The molecule has 2 heterocycles. The van der Waals surface area contributed by atoms with Crippen molar-refractivity contribution in [1.29, 1.82) is 0 Å². The lowest BCUT2D eigenvalue weighted by molar-refractivity contribution is -0.117. The van der Waals surface area contributed by atoms with Gasteiger partial charge in [0.2, 0.25) is 5.91 Å².